The van der Waals surface area contributed by atoms with Crippen molar-refractivity contribution >= 4 is 0 Å². The SMILES string of the molecule is COc1cccc(C2(O)C(CN(C)C)CCCC2C2CCCCC2)c1. The minimum Gasteiger partial charge on any atom is -0.497 e. The Morgan fingerprint density at radius 1 is 1.08 bits per heavy atom. The molecule has 0 radical (unpaired) electrons. The van der Waals surface area contributed by atoms with Crippen molar-refractivity contribution in [1.82, 2.24) is 4.90 Å². The van der Waals surface area contributed by atoms with Gasteiger partial charge in [-0.05, 0) is 56.5 Å². The maximum absolute atomic E-state index is 12.2. The van der Waals surface area contributed by atoms with Gasteiger partial charge in [0.15, 0.2) is 0 Å². The van der Waals surface area contributed by atoms with E-state index < -0.39 is 5.60 Å². The van der Waals surface area contributed by atoms with Crippen LogP contribution < -0.4 is 4.74 Å². The van der Waals surface area contributed by atoms with Crippen molar-refractivity contribution in [2.45, 2.75) is 57.0 Å². The Morgan fingerprint density at radius 3 is 2.52 bits per heavy atom. The second-order valence-corrected chi connectivity index (χ2v) is 8.45. The molecule has 3 atom stereocenters. The molecule has 0 aromatic heterocycles. The molecule has 0 aliphatic heterocycles. The maximum atomic E-state index is 12.2. The fourth-order valence-electron chi connectivity index (χ4n) is 5.45. The minimum atomic E-state index is -0.737. The maximum Gasteiger partial charge on any atom is 0.119 e. The van der Waals surface area contributed by atoms with E-state index in [0.29, 0.717) is 11.8 Å². The van der Waals surface area contributed by atoms with Gasteiger partial charge in [0.25, 0.3) is 0 Å². The van der Waals surface area contributed by atoms with Crippen LogP contribution in [0.4, 0.5) is 0 Å². The highest BCUT2D eigenvalue weighted by Crippen LogP contribution is 2.52. The van der Waals surface area contributed by atoms with Crippen molar-refractivity contribution in [3.8, 4) is 5.75 Å². The lowest BCUT2D eigenvalue weighted by Crippen LogP contribution is -2.51. The Kier molecular flexibility index (Phi) is 6.06. The van der Waals surface area contributed by atoms with Gasteiger partial charge in [0.05, 0.1) is 12.7 Å². The zero-order chi connectivity index (χ0) is 17.9. The number of nitrogens with zero attached hydrogens (tertiary/aromatic N) is 1. The Bertz CT molecular complexity index is 553. The Balaban J connectivity index is 1.99. The van der Waals surface area contributed by atoms with E-state index in [1.54, 1.807) is 7.11 Å². The van der Waals surface area contributed by atoms with E-state index in [1.165, 1.54) is 38.5 Å². The summed E-state index contributed by atoms with van der Waals surface area (Å²) in [6.45, 7) is 0.941. The molecule has 3 heteroatoms. The van der Waals surface area contributed by atoms with Crippen LogP contribution in [0.15, 0.2) is 24.3 Å². The Hall–Kier alpha value is -1.06. The minimum absolute atomic E-state index is 0.287. The molecule has 0 bridgehead atoms. The number of rotatable bonds is 5. The van der Waals surface area contributed by atoms with E-state index in [-0.39, 0.29) is 5.92 Å². The molecular formula is C22H35NO2. The summed E-state index contributed by atoms with van der Waals surface area (Å²) >= 11 is 0. The predicted molar refractivity (Wildman–Crippen MR) is 103 cm³/mol. The van der Waals surface area contributed by atoms with Crippen LogP contribution in [0.3, 0.4) is 0 Å². The highest BCUT2D eigenvalue weighted by Gasteiger charge is 2.50. The smallest absolute Gasteiger partial charge is 0.119 e. The average Bonchev–Trinajstić information content (AvgIpc) is 2.64. The molecule has 2 saturated carbocycles. The van der Waals surface area contributed by atoms with Crippen molar-refractivity contribution in [2.75, 3.05) is 27.7 Å². The normalized spacial score (nSPS) is 31.2. The molecule has 2 fully saturated rings. The number of ether oxygens (including phenoxy) is 1. The molecule has 3 rings (SSSR count). The molecular weight excluding hydrogens is 310 g/mol. The average molecular weight is 346 g/mol. The van der Waals surface area contributed by atoms with Crippen LogP contribution >= 0.6 is 0 Å². The first-order chi connectivity index (χ1) is 12.1. The first kappa shape index (κ1) is 18.7. The van der Waals surface area contributed by atoms with Crippen LogP contribution in [0, 0.1) is 17.8 Å². The number of aliphatic hydroxyl groups is 1. The second-order valence-electron chi connectivity index (χ2n) is 8.45. The summed E-state index contributed by atoms with van der Waals surface area (Å²) in [5.74, 6) is 2.17. The fourth-order valence-corrected chi connectivity index (χ4v) is 5.45. The standard InChI is InChI=1S/C22H35NO2/c1-23(2)16-19-12-8-14-21(17-9-5-4-6-10-17)22(19,24)18-11-7-13-20(15-18)25-3/h7,11,13,15,17,19,21,24H,4-6,8-10,12,14,16H2,1-3H3. The zero-order valence-electron chi connectivity index (χ0n) is 16.2. The lowest BCUT2D eigenvalue weighted by atomic mass is 9.59. The third kappa shape index (κ3) is 3.88. The molecule has 0 spiro atoms. The molecule has 0 heterocycles. The Morgan fingerprint density at radius 2 is 1.84 bits per heavy atom. The molecule has 3 unspecified atom stereocenters. The van der Waals surface area contributed by atoms with Gasteiger partial charge >= 0.3 is 0 Å². The highest BCUT2D eigenvalue weighted by molar-refractivity contribution is 5.34. The van der Waals surface area contributed by atoms with Crippen LogP contribution in [0.5, 0.6) is 5.75 Å². The van der Waals surface area contributed by atoms with Gasteiger partial charge in [-0.1, -0.05) is 50.7 Å². The van der Waals surface area contributed by atoms with Crippen LogP contribution in [-0.2, 0) is 5.60 Å². The van der Waals surface area contributed by atoms with E-state index >= 15 is 0 Å². The molecule has 2 aliphatic carbocycles. The lowest BCUT2D eigenvalue weighted by molar-refractivity contribution is -0.130. The van der Waals surface area contributed by atoms with E-state index in [4.69, 9.17) is 4.74 Å². The zero-order valence-corrected chi connectivity index (χ0v) is 16.2. The largest absolute Gasteiger partial charge is 0.497 e. The van der Waals surface area contributed by atoms with E-state index in [9.17, 15) is 5.11 Å². The second kappa shape index (κ2) is 8.09. The third-order valence-electron chi connectivity index (χ3n) is 6.59. The summed E-state index contributed by atoms with van der Waals surface area (Å²) < 4.78 is 5.47. The van der Waals surface area contributed by atoms with Gasteiger partial charge < -0.3 is 14.7 Å². The molecule has 0 saturated heterocycles. The van der Waals surface area contributed by atoms with Crippen LogP contribution in [-0.4, -0.2) is 37.8 Å². The molecule has 1 N–H and O–H groups in total. The van der Waals surface area contributed by atoms with Crippen molar-refractivity contribution in [3.63, 3.8) is 0 Å². The van der Waals surface area contributed by atoms with Crippen molar-refractivity contribution in [3.05, 3.63) is 29.8 Å². The van der Waals surface area contributed by atoms with Gasteiger partial charge in [0, 0.05) is 12.5 Å². The first-order valence-corrected chi connectivity index (χ1v) is 10.1. The van der Waals surface area contributed by atoms with Crippen molar-refractivity contribution in [2.24, 2.45) is 17.8 Å². The first-order valence-electron chi connectivity index (χ1n) is 10.1. The number of benzene rings is 1. The molecule has 140 valence electrons. The summed E-state index contributed by atoms with van der Waals surface area (Å²) in [6, 6.07) is 8.20. The van der Waals surface area contributed by atoms with Crippen LogP contribution in [0.2, 0.25) is 0 Å². The highest BCUT2D eigenvalue weighted by atomic mass is 16.5. The predicted octanol–water partition coefficient (Wildman–Crippen LogP) is 4.44. The van der Waals surface area contributed by atoms with E-state index in [1.807, 2.05) is 12.1 Å². The van der Waals surface area contributed by atoms with Gasteiger partial charge in [-0.3, -0.25) is 0 Å². The monoisotopic (exact) mass is 345 g/mol. The van der Waals surface area contributed by atoms with Gasteiger partial charge in [0.1, 0.15) is 5.75 Å². The van der Waals surface area contributed by atoms with Gasteiger partial charge in [-0.2, -0.15) is 0 Å². The van der Waals surface area contributed by atoms with Crippen molar-refractivity contribution in [1.29, 1.82) is 0 Å². The van der Waals surface area contributed by atoms with Crippen LogP contribution in [0.1, 0.15) is 56.9 Å². The van der Waals surface area contributed by atoms with Gasteiger partial charge in [0.2, 0.25) is 0 Å². The number of methoxy groups -OCH3 is 1. The summed E-state index contributed by atoms with van der Waals surface area (Å²) in [5.41, 5.74) is 0.327. The number of hydrogen-bond acceptors (Lipinski definition) is 3. The molecule has 0 amide bonds. The molecule has 1 aromatic rings. The summed E-state index contributed by atoms with van der Waals surface area (Å²) in [4.78, 5) is 2.24. The molecule has 1 aromatic carbocycles. The van der Waals surface area contributed by atoms with E-state index in [2.05, 4.69) is 31.1 Å². The summed E-state index contributed by atoms with van der Waals surface area (Å²) in [7, 11) is 5.95. The third-order valence-corrected chi connectivity index (χ3v) is 6.59. The van der Waals surface area contributed by atoms with Gasteiger partial charge in [-0.25, -0.2) is 0 Å². The summed E-state index contributed by atoms with van der Waals surface area (Å²) in [6.07, 6.45) is 10.1. The summed E-state index contributed by atoms with van der Waals surface area (Å²) in [5, 5.41) is 12.2. The molecule has 25 heavy (non-hydrogen) atoms. The molecule has 2 aliphatic rings. The topological polar surface area (TPSA) is 32.7 Å². The van der Waals surface area contributed by atoms with Crippen LogP contribution in [0.25, 0.3) is 0 Å². The number of hydrogen-bond donors (Lipinski definition) is 1. The fraction of sp³-hybridized carbons (Fsp3) is 0.727. The van der Waals surface area contributed by atoms with Crippen molar-refractivity contribution < 1.29 is 9.84 Å². The Labute approximate surface area is 153 Å². The lowest BCUT2D eigenvalue weighted by Gasteiger charge is -2.51. The van der Waals surface area contributed by atoms with E-state index in [0.717, 1.165) is 30.7 Å². The quantitative estimate of drug-likeness (QED) is 0.856. The molecule has 3 nitrogen and oxygen atoms in total. The van der Waals surface area contributed by atoms with Gasteiger partial charge in [-0.15, -0.1) is 0 Å².